The number of benzene rings is 1. The Morgan fingerprint density at radius 1 is 1.16 bits per heavy atom. The number of hydrogen-bond acceptors (Lipinski definition) is 5. The number of allylic oxidation sites excluding steroid dienone is 1. The molecule has 1 fully saturated rings. The Morgan fingerprint density at radius 2 is 1.79 bits per heavy atom. The van der Waals surface area contributed by atoms with Gasteiger partial charge in [0, 0.05) is 30.7 Å². The van der Waals surface area contributed by atoms with Crippen LogP contribution in [-0.2, 0) is 4.74 Å². The molecule has 1 N–H and O–H groups in total. The van der Waals surface area contributed by atoms with Crippen LogP contribution in [0.4, 0.5) is 11.4 Å². The van der Waals surface area contributed by atoms with Crippen molar-refractivity contribution >= 4 is 11.4 Å². The van der Waals surface area contributed by atoms with Crippen molar-refractivity contribution in [2.45, 2.75) is 0 Å². The van der Waals surface area contributed by atoms with Gasteiger partial charge in [-0.2, -0.15) is 10.5 Å². The van der Waals surface area contributed by atoms with E-state index in [1.165, 1.54) is 6.20 Å². The third-order valence-corrected chi connectivity index (χ3v) is 2.87. The smallest absolute Gasteiger partial charge is 0.145 e. The van der Waals surface area contributed by atoms with Crippen LogP contribution in [0.5, 0.6) is 0 Å². The zero-order chi connectivity index (χ0) is 13.5. The van der Waals surface area contributed by atoms with Crippen LogP contribution < -0.4 is 10.2 Å². The minimum absolute atomic E-state index is 0.0530. The van der Waals surface area contributed by atoms with E-state index in [1.807, 2.05) is 24.3 Å². The molecule has 96 valence electrons. The molecule has 19 heavy (non-hydrogen) atoms. The number of nitrogens with one attached hydrogen (secondary N) is 1. The molecule has 2 rings (SSSR count). The lowest BCUT2D eigenvalue weighted by molar-refractivity contribution is 0.122. The second-order valence-corrected chi connectivity index (χ2v) is 4.07. The summed E-state index contributed by atoms with van der Waals surface area (Å²) in [5.41, 5.74) is 2.05. The average molecular weight is 254 g/mol. The molecule has 1 saturated heterocycles. The molecule has 0 radical (unpaired) electrons. The minimum Gasteiger partial charge on any atom is -0.378 e. The van der Waals surface area contributed by atoms with Gasteiger partial charge in [0.1, 0.15) is 17.7 Å². The Bertz CT molecular complexity index is 514. The van der Waals surface area contributed by atoms with Gasteiger partial charge in [-0.15, -0.1) is 0 Å². The topological polar surface area (TPSA) is 72.1 Å². The molecular weight excluding hydrogens is 240 g/mol. The fraction of sp³-hybridized carbons (Fsp3) is 0.286. The Balaban J connectivity index is 2.01. The van der Waals surface area contributed by atoms with E-state index >= 15 is 0 Å². The monoisotopic (exact) mass is 254 g/mol. The van der Waals surface area contributed by atoms with Crippen molar-refractivity contribution in [1.29, 1.82) is 10.5 Å². The molecule has 1 aliphatic rings. The standard InChI is InChI=1S/C14H14N4O/c15-9-12(10-16)11-17-13-1-3-14(4-2-13)18-5-7-19-8-6-18/h1-4,11,17H,5-8H2. The van der Waals surface area contributed by atoms with E-state index in [-0.39, 0.29) is 5.57 Å². The van der Waals surface area contributed by atoms with Gasteiger partial charge < -0.3 is 15.0 Å². The molecule has 1 aromatic rings. The number of anilines is 2. The molecule has 0 aliphatic carbocycles. The molecule has 1 heterocycles. The summed E-state index contributed by atoms with van der Waals surface area (Å²) in [5, 5.41) is 20.2. The zero-order valence-electron chi connectivity index (χ0n) is 10.5. The lowest BCUT2D eigenvalue weighted by Crippen LogP contribution is -2.36. The highest BCUT2D eigenvalue weighted by molar-refractivity contribution is 5.57. The van der Waals surface area contributed by atoms with E-state index in [2.05, 4.69) is 10.2 Å². The molecule has 0 aromatic heterocycles. The van der Waals surface area contributed by atoms with Gasteiger partial charge in [-0.3, -0.25) is 0 Å². The van der Waals surface area contributed by atoms with Crippen molar-refractivity contribution in [2.75, 3.05) is 36.5 Å². The second kappa shape index (κ2) is 6.44. The van der Waals surface area contributed by atoms with Crippen LogP contribution >= 0.6 is 0 Å². The predicted octanol–water partition coefficient (Wildman–Crippen LogP) is 1.87. The molecule has 5 nitrogen and oxygen atoms in total. The van der Waals surface area contributed by atoms with Gasteiger partial charge >= 0.3 is 0 Å². The fourth-order valence-corrected chi connectivity index (χ4v) is 1.84. The molecule has 0 spiro atoms. The Hall–Kier alpha value is -2.50. The predicted molar refractivity (Wildman–Crippen MR) is 72.4 cm³/mol. The molecule has 0 amide bonds. The van der Waals surface area contributed by atoms with Gasteiger partial charge in [-0.1, -0.05) is 0 Å². The maximum absolute atomic E-state index is 8.62. The van der Waals surface area contributed by atoms with E-state index in [9.17, 15) is 0 Å². The van der Waals surface area contributed by atoms with Gasteiger partial charge in [0.05, 0.1) is 13.2 Å². The van der Waals surface area contributed by atoms with Crippen LogP contribution in [0.3, 0.4) is 0 Å². The molecular formula is C14H14N4O. The summed E-state index contributed by atoms with van der Waals surface area (Å²) in [6.07, 6.45) is 1.41. The maximum Gasteiger partial charge on any atom is 0.145 e. The summed E-state index contributed by atoms with van der Waals surface area (Å²) in [7, 11) is 0. The van der Waals surface area contributed by atoms with Crippen molar-refractivity contribution in [3.63, 3.8) is 0 Å². The first-order valence-electron chi connectivity index (χ1n) is 6.03. The number of ether oxygens (including phenoxy) is 1. The van der Waals surface area contributed by atoms with E-state index < -0.39 is 0 Å². The average Bonchev–Trinajstić information content (AvgIpc) is 2.50. The first kappa shape index (κ1) is 12.9. The summed E-state index contributed by atoms with van der Waals surface area (Å²) in [6, 6.07) is 11.5. The van der Waals surface area contributed by atoms with Crippen LogP contribution in [-0.4, -0.2) is 26.3 Å². The Labute approximate surface area is 112 Å². The minimum atomic E-state index is 0.0530. The molecule has 0 atom stereocenters. The number of nitrogens with zero attached hydrogens (tertiary/aromatic N) is 3. The quantitative estimate of drug-likeness (QED) is 0.834. The van der Waals surface area contributed by atoms with Crippen molar-refractivity contribution in [3.8, 4) is 12.1 Å². The summed E-state index contributed by atoms with van der Waals surface area (Å²) in [6.45, 7) is 3.33. The van der Waals surface area contributed by atoms with Gasteiger partial charge in [-0.25, -0.2) is 0 Å². The Kier molecular flexibility index (Phi) is 4.39. The van der Waals surface area contributed by atoms with Crippen molar-refractivity contribution in [2.24, 2.45) is 0 Å². The highest BCUT2D eigenvalue weighted by atomic mass is 16.5. The first-order valence-corrected chi connectivity index (χ1v) is 6.03. The van der Waals surface area contributed by atoms with E-state index in [0.29, 0.717) is 0 Å². The number of rotatable bonds is 3. The van der Waals surface area contributed by atoms with E-state index in [0.717, 1.165) is 37.7 Å². The zero-order valence-corrected chi connectivity index (χ0v) is 10.5. The SMILES string of the molecule is N#CC(C#N)=CNc1ccc(N2CCOCC2)cc1. The van der Waals surface area contributed by atoms with E-state index in [4.69, 9.17) is 15.3 Å². The summed E-state index contributed by atoms with van der Waals surface area (Å²) in [5.74, 6) is 0. The van der Waals surface area contributed by atoms with Crippen LogP contribution in [0.1, 0.15) is 0 Å². The lowest BCUT2D eigenvalue weighted by Gasteiger charge is -2.28. The largest absolute Gasteiger partial charge is 0.378 e. The molecule has 0 unspecified atom stereocenters. The highest BCUT2D eigenvalue weighted by Crippen LogP contribution is 2.19. The Morgan fingerprint density at radius 3 is 2.37 bits per heavy atom. The van der Waals surface area contributed by atoms with Crippen molar-refractivity contribution in [1.82, 2.24) is 0 Å². The molecule has 0 bridgehead atoms. The van der Waals surface area contributed by atoms with Crippen molar-refractivity contribution in [3.05, 3.63) is 36.0 Å². The summed E-state index contributed by atoms with van der Waals surface area (Å²) >= 11 is 0. The van der Waals surface area contributed by atoms with Gasteiger partial charge in [0.15, 0.2) is 0 Å². The van der Waals surface area contributed by atoms with Crippen molar-refractivity contribution < 1.29 is 4.74 Å². The molecule has 0 saturated carbocycles. The third kappa shape index (κ3) is 3.48. The number of nitriles is 2. The summed E-state index contributed by atoms with van der Waals surface area (Å²) < 4.78 is 5.31. The lowest BCUT2D eigenvalue weighted by atomic mass is 10.2. The highest BCUT2D eigenvalue weighted by Gasteiger charge is 2.10. The van der Waals surface area contributed by atoms with Crippen LogP contribution in [0.2, 0.25) is 0 Å². The fourth-order valence-electron chi connectivity index (χ4n) is 1.84. The normalized spacial score (nSPS) is 14.1. The van der Waals surface area contributed by atoms with Crippen LogP contribution in [0, 0.1) is 22.7 Å². The summed E-state index contributed by atoms with van der Waals surface area (Å²) in [4.78, 5) is 2.26. The third-order valence-electron chi connectivity index (χ3n) is 2.87. The maximum atomic E-state index is 8.62. The van der Waals surface area contributed by atoms with Crippen LogP contribution in [0.15, 0.2) is 36.0 Å². The van der Waals surface area contributed by atoms with E-state index in [1.54, 1.807) is 12.1 Å². The first-order chi connectivity index (χ1) is 9.33. The van der Waals surface area contributed by atoms with Crippen LogP contribution in [0.25, 0.3) is 0 Å². The molecule has 5 heteroatoms. The number of morpholine rings is 1. The van der Waals surface area contributed by atoms with Gasteiger partial charge in [0.25, 0.3) is 0 Å². The number of hydrogen-bond donors (Lipinski definition) is 1. The van der Waals surface area contributed by atoms with Gasteiger partial charge in [-0.05, 0) is 24.3 Å². The molecule has 1 aliphatic heterocycles. The molecule has 1 aromatic carbocycles. The van der Waals surface area contributed by atoms with Gasteiger partial charge in [0.2, 0.25) is 0 Å². The second-order valence-electron chi connectivity index (χ2n) is 4.07.